The molecule has 0 spiro atoms. The molecule has 1 aromatic heterocycles. The van der Waals surface area contributed by atoms with E-state index in [0.29, 0.717) is 12.2 Å². The smallest absolute Gasteiger partial charge is 0.272 e. The average molecular weight is 395 g/mol. The van der Waals surface area contributed by atoms with Crippen molar-refractivity contribution in [3.8, 4) is 5.75 Å². The summed E-state index contributed by atoms with van der Waals surface area (Å²) in [6.07, 6.45) is 1.93. The van der Waals surface area contributed by atoms with Crippen molar-refractivity contribution < 1.29 is 9.53 Å². The molecular weight excluding hydrogens is 364 g/mol. The van der Waals surface area contributed by atoms with Gasteiger partial charge in [-0.1, -0.05) is 18.2 Å². The lowest BCUT2D eigenvalue weighted by Gasteiger charge is -2.34. The zero-order valence-corrected chi connectivity index (χ0v) is 17.4. The second-order valence-corrected chi connectivity index (χ2v) is 8.12. The van der Waals surface area contributed by atoms with Gasteiger partial charge in [0.25, 0.3) is 5.91 Å². The molecular formula is C23H30N4O2. The van der Waals surface area contributed by atoms with E-state index in [-0.39, 0.29) is 12.0 Å². The SMILES string of the molecule is Cc1cccc(OC2CCCN(C(=O)c3cccc(N4CCN(C)CC4)n3)C2)c1. The van der Waals surface area contributed by atoms with Gasteiger partial charge in [-0.2, -0.15) is 0 Å². The zero-order chi connectivity index (χ0) is 20.2. The molecule has 6 heteroatoms. The molecule has 154 valence electrons. The standard InChI is InChI=1S/C23H30N4O2/c1-18-6-3-7-19(16-18)29-20-8-5-11-27(17-20)23(28)21-9-4-10-22(24-21)26-14-12-25(2)13-15-26/h3-4,6-7,9-10,16,20H,5,8,11-15,17H2,1-2H3. The van der Waals surface area contributed by atoms with E-state index < -0.39 is 0 Å². The van der Waals surface area contributed by atoms with E-state index >= 15 is 0 Å². The van der Waals surface area contributed by atoms with Crippen molar-refractivity contribution in [2.24, 2.45) is 0 Å². The summed E-state index contributed by atoms with van der Waals surface area (Å²) < 4.78 is 6.15. The molecule has 2 saturated heterocycles. The van der Waals surface area contributed by atoms with Crippen LogP contribution in [-0.4, -0.2) is 73.1 Å². The minimum absolute atomic E-state index is 0.00137. The number of aromatic nitrogens is 1. The van der Waals surface area contributed by atoms with Crippen LogP contribution in [0.2, 0.25) is 0 Å². The van der Waals surface area contributed by atoms with E-state index in [1.54, 1.807) is 0 Å². The fraction of sp³-hybridized carbons (Fsp3) is 0.478. The number of carbonyl (C=O) groups excluding carboxylic acids is 1. The molecule has 0 radical (unpaired) electrons. The van der Waals surface area contributed by atoms with Crippen molar-refractivity contribution in [1.82, 2.24) is 14.8 Å². The number of likely N-dealkylation sites (tertiary alicyclic amines) is 1. The van der Waals surface area contributed by atoms with Crippen LogP contribution in [-0.2, 0) is 0 Å². The molecule has 4 rings (SSSR count). The minimum Gasteiger partial charge on any atom is -0.489 e. The summed E-state index contributed by atoms with van der Waals surface area (Å²) in [5, 5.41) is 0. The molecule has 0 saturated carbocycles. The number of piperazine rings is 1. The van der Waals surface area contributed by atoms with Crippen molar-refractivity contribution in [2.75, 3.05) is 51.2 Å². The number of rotatable bonds is 4. The molecule has 3 heterocycles. The van der Waals surface area contributed by atoms with Gasteiger partial charge in [0, 0.05) is 32.7 Å². The van der Waals surface area contributed by atoms with Crippen LogP contribution in [0.4, 0.5) is 5.82 Å². The zero-order valence-electron chi connectivity index (χ0n) is 17.4. The van der Waals surface area contributed by atoms with Crippen molar-refractivity contribution in [2.45, 2.75) is 25.9 Å². The summed E-state index contributed by atoms with van der Waals surface area (Å²) in [4.78, 5) is 24.3. The van der Waals surface area contributed by atoms with Crippen molar-refractivity contribution in [3.05, 3.63) is 53.7 Å². The summed E-state index contributed by atoms with van der Waals surface area (Å²) in [6, 6.07) is 13.9. The highest BCUT2D eigenvalue weighted by Gasteiger charge is 2.27. The predicted molar refractivity (Wildman–Crippen MR) is 115 cm³/mol. The summed E-state index contributed by atoms with van der Waals surface area (Å²) in [6.45, 7) is 7.34. The van der Waals surface area contributed by atoms with Crippen LogP contribution in [0.1, 0.15) is 28.9 Å². The Morgan fingerprint density at radius 2 is 1.86 bits per heavy atom. The molecule has 0 bridgehead atoms. The van der Waals surface area contributed by atoms with Gasteiger partial charge in [-0.05, 0) is 56.6 Å². The fourth-order valence-corrected chi connectivity index (χ4v) is 4.02. The topological polar surface area (TPSA) is 48.9 Å². The van der Waals surface area contributed by atoms with Gasteiger partial charge in [0.15, 0.2) is 0 Å². The number of aryl methyl sites for hydroxylation is 1. The van der Waals surface area contributed by atoms with E-state index in [1.807, 2.05) is 41.3 Å². The van der Waals surface area contributed by atoms with E-state index in [1.165, 1.54) is 5.56 Å². The number of ether oxygens (including phenoxy) is 1. The highest BCUT2D eigenvalue weighted by atomic mass is 16.5. The molecule has 29 heavy (non-hydrogen) atoms. The maximum absolute atomic E-state index is 13.1. The normalized spacial score (nSPS) is 20.6. The maximum Gasteiger partial charge on any atom is 0.272 e. The Labute approximate surface area is 173 Å². The van der Waals surface area contributed by atoms with Gasteiger partial charge in [0.1, 0.15) is 23.4 Å². The van der Waals surface area contributed by atoms with Gasteiger partial charge in [-0.3, -0.25) is 4.79 Å². The third-order valence-electron chi connectivity index (χ3n) is 5.74. The number of hydrogen-bond donors (Lipinski definition) is 0. The largest absolute Gasteiger partial charge is 0.489 e. The van der Waals surface area contributed by atoms with Crippen LogP contribution in [0, 0.1) is 6.92 Å². The second kappa shape index (κ2) is 8.82. The number of nitrogens with zero attached hydrogens (tertiary/aromatic N) is 4. The van der Waals surface area contributed by atoms with Gasteiger partial charge in [0.05, 0.1) is 6.54 Å². The molecule has 2 aliphatic heterocycles. The minimum atomic E-state index is -0.00137. The molecule has 2 aromatic rings. The summed E-state index contributed by atoms with van der Waals surface area (Å²) >= 11 is 0. The number of anilines is 1. The molecule has 6 nitrogen and oxygen atoms in total. The lowest BCUT2D eigenvalue weighted by molar-refractivity contribution is 0.0532. The number of hydrogen-bond acceptors (Lipinski definition) is 5. The highest BCUT2D eigenvalue weighted by Crippen LogP contribution is 2.21. The predicted octanol–water partition coefficient (Wildman–Crippen LogP) is 2.83. The molecule has 1 unspecified atom stereocenters. The molecule has 2 aliphatic rings. The fourth-order valence-electron chi connectivity index (χ4n) is 4.02. The Balaban J connectivity index is 1.41. The quantitative estimate of drug-likeness (QED) is 0.798. The average Bonchev–Trinajstić information content (AvgIpc) is 2.74. The highest BCUT2D eigenvalue weighted by molar-refractivity contribution is 5.92. The first kappa shape index (κ1) is 19.7. The Kier molecular flexibility index (Phi) is 6.00. The summed E-state index contributed by atoms with van der Waals surface area (Å²) in [5.41, 5.74) is 1.70. The molecule has 1 amide bonds. The number of carbonyl (C=O) groups is 1. The van der Waals surface area contributed by atoms with Gasteiger partial charge in [-0.15, -0.1) is 0 Å². The molecule has 1 aromatic carbocycles. The Hall–Kier alpha value is -2.60. The third-order valence-corrected chi connectivity index (χ3v) is 5.74. The number of likely N-dealkylation sites (N-methyl/N-ethyl adjacent to an activating group) is 1. The van der Waals surface area contributed by atoms with Gasteiger partial charge < -0.3 is 19.4 Å². The van der Waals surface area contributed by atoms with E-state index in [0.717, 1.165) is 57.1 Å². The van der Waals surface area contributed by atoms with Crippen LogP contribution in [0.15, 0.2) is 42.5 Å². The Morgan fingerprint density at radius 3 is 2.66 bits per heavy atom. The van der Waals surface area contributed by atoms with Gasteiger partial charge in [0.2, 0.25) is 0 Å². The lowest BCUT2D eigenvalue weighted by Crippen LogP contribution is -2.46. The van der Waals surface area contributed by atoms with Crippen LogP contribution in [0.3, 0.4) is 0 Å². The number of benzene rings is 1. The second-order valence-electron chi connectivity index (χ2n) is 8.12. The van der Waals surface area contributed by atoms with Crippen molar-refractivity contribution in [3.63, 3.8) is 0 Å². The van der Waals surface area contributed by atoms with Crippen LogP contribution in [0.25, 0.3) is 0 Å². The van der Waals surface area contributed by atoms with Crippen molar-refractivity contribution in [1.29, 1.82) is 0 Å². The first-order valence-corrected chi connectivity index (χ1v) is 10.5. The van der Waals surface area contributed by atoms with E-state index in [9.17, 15) is 4.79 Å². The van der Waals surface area contributed by atoms with Crippen LogP contribution in [0.5, 0.6) is 5.75 Å². The maximum atomic E-state index is 13.1. The molecule has 2 fully saturated rings. The van der Waals surface area contributed by atoms with E-state index in [2.05, 4.69) is 29.8 Å². The van der Waals surface area contributed by atoms with Crippen LogP contribution < -0.4 is 9.64 Å². The van der Waals surface area contributed by atoms with Crippen LogP contribution >= 0.6 is 0 Å². The first-order valence-electron chi connectivity index (χ1n) is 10.5. The Bertz CT molecular complexity index is 848. The van der Waals surface area contributed by atoms with Crippen molar-refractivity contribution >= 4 is 11.7 Å². The molecule has 0 aliphatic carbocycles. The lowest BCUT2D eigenvalue weighted by atomic mass is 10.1. The molecule has 1 atom stereocenters. The third kappa shape index (κ3) is 4.88. The monoisotopic (exact) mass is 394 g/mol. The first-order chi connectivity index (χ1) is 14.1. The van der Waals surface area contributed by atoms with Gasteiger partial charge in [-0.25, -0.2) is 4.98 Å². The van der Waals surface area contributed by atoms with Gasteiger partial charge >= 0.3 is 0 Å². The summed E-state index contributed by atoms with van der Waals surface area (Å²) in [7, 11) is 2.14. The Morgan fingerprint density at radius 1 is 1.07 bits per heavy atom. The summed E-state index contributed by atoms with van der Waals surface area (Å²) in [5.74, 6) is 1.77. The van der Waals surface area contributed by atoms with E-state index in [4.69, 9.17) is 9.72 Å². The number of amides is 1. The number of piperidine rings is 1. The molecule has 0 N–H and O–H groups in total. The number of pyridine rings is 1.